The number of nitrogens with one attached hydrogen (secondary N) is 1. The van der Waals surface area contributed by atoms with Gasteiger partial charge in [0.2, 0.25) is 5.91 Å². The number of hydrogen-bond donors (Lipinski definition) is 2. The fourth-order valence-electron chi connectivity index (χ4n) is 2.33. The number of benzene rings is 1. The molecule has 1 atom stereocenters. The fourth-order valence-corrected chi connectivity index (χ4v) is 2.33. The van der Waals surface area contributed by atoms with E-state index >= 15 is 0 Å². The smallest absolute Gasteiger partial charge is 0.228 e. The standard InChI is InChI=1S/C14H13NO3/c1-8-5-10(14(17)11-3-2-4-18-11)6-9-7-12(16)15-13(8)9/h2-6,14,17H,7H2,1H3,(H,15,16). The molecule has 0 saturated carbocycles. The summed E-state index contributed by atoms with van der Waals surface area (Å²) in [6.07, 6.45) is 1.11. The Hall–Kier alpha value is -2.07. The van der Waals surface area contributed by atoms with Crippen LogP contribution in [0.2, 0.25) is 0 Å². The number of carbonyl (C=O) groups excluding carboxylic acids is 1. The van der Waals surface area contributed by atoms with Gasteiger partial charge in [0.25, 0.3) is 0 Å². The van der Waals surface area contributed by atoms with E-state index in [1.807, 2.05) is 19.1 Å². The van der Waals surface area contributed by atoms with Crippen molar-refractivity contribution in [1.82, 2.24) is 0 Å². The summed E-state index contributed by atoms with van der Waals surface area (Å²) >= 11 is 0. The van der Waals surface area contributed by atoms with Crippen LogP contribution in [0.4, 0.5) is 5.69 Å². The molecule has 2 aromatic rings. The zero-order valence-corrected chi connectivity index (χ0v) is 9.93. The zero-order valence-electron chi connectivity index (χ0n) is 9.93. The quantitative estimate of drug-likeness (QED) is 0.849. The summed E-state index contributed by atoms with van der Waals surface area (Å²) in [4.78, 5) is 11.4. The predicted molar refractivity (Wildman–Crippen MR) is 66.3 cm³/mol. The largest absolute Gasteiger partial charge is 0.466 e. The average molecular weight is 243 g/mol. The molecule has 2 heterocycles. The van der Waals surface area contributed by atoms with Gasteiger partial charge in [-0.3, -0.25) is 4.79 Å². The van der Waals surface area contributed by atoms with Gasteiger partial charge < -0.3 is 14.8 Å². The summed E-state index contributed by atoms with van der Waals surface area (Å²) in [6, 6.07) is 7.20. The van der Waals surface area contributed by atoms with E-state index in [-0.39, 0.29) is 5.91 Å². The lowest BCUT2D eigenvalue weighted by Crippen LogP contribution is -2.04. The minimum absolute atomic E-state index is 0.00209. The highest BCUT2D eigenvalue weighted by atomic mass is 16.4. The van der Waals surface area contributed by atoms with Crippen LogP contribution in [0.3, 0.4) is 0 Å². The van der Waals surface area contributed by atoms with Crippen LogP contribution in [0.25, 0.3) is 0 Å². The van der Waals surface area contributed by atoms with Crippen molar-refractivity contribution in [3.05, 3.63) is 53.0 Å². The lowest BCUT2D eigenvalue weighted by Gasteiger charge is -2.12. The lowest BCUT2D eigenvalue weighted by atomic mass is 9.99. The second-order valence-corrected chi connectivity index (χ2v) is 4.51. The van der Waals surface area contributed by atoms with E-state index in [4.69, 9.17) is 4.42 Å². The number of rotatable bonds is 2. The first-order valence-corrected chi connectivity index (χ1v) is 5.80. The molecule has 1 aliphatic heterocycles. The highest BCUT2D eigenvalue weighted by Crippen LogP contribution is 2.32. The predicted octanol–water partition coefficient (Wildman–Crippen LogP) is 2.16. The minimum Gasteiger partial charge on any atom is -0.466 e. The van der Waals surface area contributed by atoms with Crippen LogP contribution in [0, 0.1) is 6.92 Å². The molecular weight excluding hydrogens is 230 g/mol. The number of furan rings is 1. The number of aryl methyl sites for hydroxylation is 1. The van der Waals surface area contributed by atoms with Crippen molar-refractivity contribution in [2.75, 3.05) is 5.32 Å². The molecule has 2 N–H and O–H groups in total. The molecule has 0 radical (unpaired) electrons. The Bertz CT molecular complexity index is 602. The lowest BCUT2D eigenvalue weighted by molar-refractivity contribution is -0.115. The number of fused-ring (bicyclic) bond motifs is 1. The Labute approximate surface area is 104 Å². The molecule has 18 heavy (non-hydrogen) atoms. The van der Waals surface area contributed by atoms with E-state index in [0.717, 1.165) is 22.4 Å². The van der Waals surface area contributed by atoms with Gasteiger partial charge in [0.15, 0.2) is 0 Å². The Balaban J connectivity index is 2.02. The molecule has 1 amide bonds. The van der Waals surface area contributed by atoms with Crippen LogP contribution in [0.1, 0.15) is 28.6 Å². The van der Waals surface area contributed by atoms with Gasteiger partial charge in [-0.25, -0.2) is 0 Å². The van der Waals surface area contributed by atoms with Gasteiger partial charge in [0, 0.05) is 5.69 Å². The third-order valence-electron chi connectivity index (χ3n) is 3.18. The Kier molecular flexibility index (Phi) is 2.45. The highest BCUT2D eigenvalue weighted by molar-refractivity contribution is 6.00. The van der Waals surface area contributed by atoms with E-state index in [2.05, 4.69) is 5.32 Å². The van der Waals surface area contributed by atoms with Gasteiger partial charge >= 0.3 is 0 Å². The Morgan fingerprint density at radius 1 is 1.44 bits per heavy atom. The summed E-state index contributed by atoms with van der Waals surface area (Å²) in [7, 11) is 0. The average Bonchev–Trinajstić information content (AvgIpc) is 2.96. The molecule has 1 unspecified atom stereocenters. The molecule has 1 aromatic heterocycles. The molecule has 0 spiro atoms. The van der Waals surface area contributed by atoms with Crippen LogP contribution in [0.15, 0.2) is 34.9 Å². The van der Waals surface area contributed by atoms with Gasteiger partial charge in [-0.15, -0.1) is 0 Å². The molecule has 1 aromatic carbocycles. The second-order valence-electron chi connectivity index (χ2n) is 4.51. The van der Waals surface area contributed by atoms with E-state index in [0.29, 0.717) is 12.2 Å². The van der Waals surface area contributed by atoms with Gasteiger partial charge in [0.05, 0.1) is 12.7 Å². The number of aliphatic hydroxyl groups is 1. The molecule has 1 aliphatic rings. The van der Waals surface area contributed by atoms with Crippen molar-refractivity contribution in [1.29, 1.82) is 0 Å². The van der Waals surface area contributed by atoms with Crippen molar-refractivity contribution in [3.8, 4) is 0 Å². The molecule has 0 aliphatic carbocycles. The van der Waals surface area contributed by atoms with Crippen molar-refractivity contribution < 1.29 is 14.3 Å². The third kappa shape index (κ3) is 1.71. The van der Waals surface area contributed by atoms with E-state index in [9.17, 15) is 9.90 Å². The van der Waals surface area contributed by atoms with E-state index < -0.39 is 6.10 Å². The second kappa shape index (κ2) is 3.99. The molecule has 4 nitrogen and oxygen atoms in total. The van der Waals surface area contributed by atoms with Crippen molar-refractivity contribution in [2.24, 2.45) is 0 Å². The minimum atomic E-state index is -0.792. The first-order chi connectivity index (χ1) is 8.65. The van der Waals surface area contributed by atoms with Gasteiger partial charge in [-0.1, -0.05) is 12.1 Å². The SMILES string of the molecule is Cc1cc(C(O)c2ccco2)cc2c1NC(=O)C2. The highest BCUT2D eigenvalue weighted by Gasteiger charge is 2.22. The monoisotopic (exact) mass is 243 g/mol. The van der Waals surface area contributed by atoms with E-state index in [1.165, 1.54) is 6.26 Å². The molecule has 0 fully saturated rings. The van der Waals surface area contributed by atoms with Crippen LogP contribution in [0.5, 0.6) is 0 Å². The molecule has 3 rings (SSSR count). The topological polar surface area (TPSA) is 62.5 Å². The van der Waals surface area contributed by atoms with Gasteiger partial charge in [0.1, 0.15) is 11.9 Å². The normalized spacial score (nSPS) is 15.3. The number of hydrogen-bond acceptors (Lipinski definition) is 3. The Morgan fingerprint density at radius 3 is 3.00 bits per heavy atom. The number of anilines is 1. The molecule has 0 bridgehead atoms. The molecular formula is C14H13NO3. The summed E-state index contributed by atoms with van der Waals surface area (Å²) in [5.41, 5.74) is 3.51. The van der Waals surface area contributed by atoms with Crippen LogP contribution >= 0.6 is 0 Å². The van der Waals surface area contributed by atoms with Gasteiger partial charge in [-0.05, 0) is 35.7 Å². The van der Waals surface area contributed by atoms with Crippen LogP contribution in [-0.2, 0) is 11.2 Å². The number of amides is 1. The third-order valence-corrected chi connectivity index (χ3v) is 3.18. The zero-order chi connectivity index (χ0) is 12.7. The van der Waals surface area contributed by atoms with Crippen LogP contribution < -0.4 is 5.32 Å². The molecule has 0 saturated heterocycles. The first kappa shape index (κ1) is 11.0. The fraction of sp³-hybridized carbons (Fsp3) is 0.214. The number of aliphatic hydroxyl groups excluding tert-OH is 1. The maximum absolute atomic E-state index is 11.4. The summed E-state index contributed by atoms with van der Waals surface area (Å²) in [6.45, 7) is 1.92. The maximum Gasteiger partial charge on any atom is 0.228 e. The molecule has 4 heteroatoms. The van der Waals surface area contributed by atoms with Crippen molar-refractivity contribution >= 4 is 11.6 Å². The molecule has 92 valence electrons. The van der Waals surface area contributed by atoms with E-state index in [1.54, 1.807) is 12.1 Å². The maximum atomic E-state index is 11.4. The number of carbonyl (C=O) groups is 1. The summed E-state index contributed by atoms with van der Waals surface area (Å²) in [5, 5.41) is 13.0. The van der Waals surface area contributed by atoms with Gasteiger partial charge in [-0.2, -0.15) is 0 Å². The van der Waals surface area contributed by atoms with Crippen molar-refractivity contribution in [2.45, 2.75) is 19.4 Å². The summed E-state index contributed by atoms with van der Waals surface area (Å²) < 4.78 is 5.20. The van der Waals surface area contributed by atoms with Crippen molar-refractivity contribution in [3.63, 3.8) is 0 Å². The Morgan fingerprint density at radius 2 is 2.28 bits per heavy atom. The first-order valence-electron chi connectivity index (χ1n) is 5.80. The summed E-state index contributed by atoms with van der Waals surface area (Å²) in [5.74, 6) is 0.504. The van der Waals surface area contributed by atoms with Crippen LogP contribution in [-0.4, -0.2) is 11.0 Å².